The number of benzene rings is 1. The Balaban J connectivity index is 1.82. The van der Waals surface area contributed by atoms with Crippen LogP contribution in [-0.4, -0.2) is 46.2 Å². The Morgan fingerprint density at radius 2 is 1.77 bits per heavy atom. The van der Waals surface area contributed by atoms with Gasteiger partial charge in [-0.2, -0.15) is 0 Å². The van der Waals surface area contributed by atoms with E-state index in [9.17, 15) is 5.11 Å². The number of aliphatic hydroxyl groups is 1. The fourth-order valence-corrected chi connectivity index (χ4v) is 5.50. The van der Waals surface area contributed by atoms with Crippen LogP contribution >= 0.6 is 11.8 Å². The lowest BCUT2D eigenvalue weighted by molar-refractivity contribution is -0.237. The minimum absolute atomic E-state index is 0.142. The monoisotopic (exact) mass is 380 g/mol. The molecule has 2 saturated heterocycles. The van der Waals surface area contributed by atoms with Crippen molar-refractivity contribution in [3.05, 3.63) is 30.3 Å². The molecule has 0 spiro atoms. The summed E-state index contributed by atoms with van der Waals surface area (Å²) < 4.78 is 19.1. The molecular weight excluding hydrogens is 348 g/mol. The summed E-state index contributed by atoms with van der Waals surface area (Å²) in [5.41, 5.74) is -1.35. The predicted octanol–water partition coefficient (Wildman–Crippen LogP) is 4.25. The van der Waals surface area contributed by atoms with Crippen LogP contribution in [0.2, 0.25) is 0 Å². The zero-order valence-corrected chi connectivity index (χ0v) is 17.5. The Kier molecular flexibility index (Phi) is 5.50. The molecule has 146 valence electrons. The largest absolute Gasteiger partial charge is 0.390 e. The lowest BCUT2D eigenvalue weighted by atomic mass is 9.80. The average molecular weight is 381 g/mol. The van der Waals surface area contributed by atoms with Crippen molar-refractivity contribution in [2.75, 3.05) is 5.75 Å². The number of hydrogen-bond donors (Lipinski definition) is 1. The Labute approximate surface area is 161 Å². The van der Waals surface area contributed by atoms with Crippen LogP contribution in [0.5, 0.6) is 0 Å². The third-order valence-corrected chi connectivity index (χ3v) is 6.97. The highest BCUT2D eigenvalue weighted by atomic mass is 32.2. The van der Waals surface area contributed by atoms with Crippen LogP contribution in [0.1, 0.15) is 48.0 Å². The zero-order chi connectivity index (χ0) is 19.2. The van der Waals surface area contributed by atoms with Crippen molar-refractivity contribution in [1.29, 1.82) is 0 Å². The number of hydrogen-bond acceptors (Lipinski definition) is 5. The molecule has 26 heavy (non-hydrogen) atoms. The van der Waals surface area contributed by atoms with Gasteiger partial charge in [0.15, 0.2) is 5.79 Å². The van der Waals surface area contributed by atoms with Crippen LogP contribution in [0.15, 0.2) is 35.2 Å². The molecule has 1 aromatic rings. The van der Waals surface area contributed by atoms with Crippen molar-refractivity contribution in [1.82, 2.24) is 0 Å². The lowest BCUT2D eigenvalue weighted by Gasteiger charge is -2.35. The molecule has 4 nitrogen and oxygen atoms in total. The second-order valence-corrected chi connectivity index (χ2v) is 9.52. The van der Waals surface area contributed by atoms with Gasteiger partial charge >= 0.3 is 0 Å². The van der Waals surface area contributed by atoms with Gasteiger partial charge in [0.25, 0.3) is 0 Å². The maximum atomic E-state index is 10.7. The molecule has 2 heterocycles. The van der Waals surface area contributed by atoms with E-state index >= 15 is 0 Å². The molecule has 3 rings (SSSR count). The fraction of sp³-hybridized carbons (Fsp3) is 0.714. The topological polar surface area (TPSA) is 47.9 Å². The second kappa shape index (κ2) is 7.10. The summed E-state index contributed by atoms with van der Waals surface area (Å²) in [6.45, 7) is 12.1. The van der Waals surface area contributed by atoms with Gasteiger partial charge in [-0.25, -0.2) is 0 Å². The molecule has 1 aromatic carbocycles. The van der Waals surface area contributed by atoms with Crippen molar-refractivity contribution >= 4 is 11.8 Å². The summed E-state index contributed by atoms with van der Waals surface area (Å²) >= 11 is 1.82. The molecule has 0 radical (unpaired) electrons. The van der Waals surface area contributed by atoms with E-state index in [1.807, 2.05) is 45.5 Å². The minimum atomic E-state index is -0.770. The Morgan fingerprint density at radius 3 is 2.38 bits per heavy atom. The minimum Gasteiger partial charge on any atom is -0.390 e. The van der Waals surface area contributed by atoms with Gasteiger partial charge in [-0.15, -0.1) is 11.8 Å². The highest BCUT2D eigenvalue weighted by Crippen LogP contribution is 2.54. The van der Waals surface area contributed by atoms with E-state index in [-0.39, 0.29) is 18.1 Å². The lowest BCUT2D eigenvalue weighted by Crippen LogP contribution is -2.52. The summed E-state index contributed by atoms with van der Waals surface area (Å²) in [5, 5.41) is 10.7. The molecule has 0 unspecified atom stereocenters. The SMILES string of the molecule is CC[C@@H](O)[C@@]1(C)O[C@@H]([C@H](C)CSc2ccccc2)[C@]2(C)OC(C)(C)O[C@H]12. The number of fused-ring (bicyclic) bond motifs is 1. The number of ether oxygens (including phenoxy) is 3. The maximum absolute atomic E-state index is 10.7. The Bertz CT molecular complexity index is 622. The van der Waals surface area contributed by atoms with Gasteiger partial charge in [-0.1, -0.05) is 32.0 Å². The summed E-state index contributed by atoms with van der Waals surface area (Å²) in [7, 11) is 0. The third-order valence-electron chi connectivity index (χ3n) is 5.68. The second-order valence-electron chi connectivity index (χ2n) is 8.43. The first-order chi connectivity index (χ1) is 12.1. The van der Waals surface area contributed by atoms with E-state index in [1.54, 1.807) is 0 Å². The summed E-state index contributed by atoms with van der Waals surface area (Å²) in [6.07, 6.45) is -0.415. The van der Waals surface area contributed by atoms with Crippen molar-refractivity contribution in [3.63, 3.8) is 0 Å². The van der Waals surface area contributed by atoms with Crippen LogP contribution < -0.4 is 0 Å². The smallest absolute Gasteiger partial charge is 0.164 e. The van der Waals surface area contributed by atoms with Gasteiger partial charge < -0.3 is 19.3 Å². The molecule has 5 heteroatoms. The van der Waals surface area contributed by atoms with Crippen LogP contribution in [0.3, 0.4) is 0 Å². The van der Waals surface area contributed by atoms with E-state index in [1.165, 1.54) is 4.90 Å². The average Bonchev–Trinajstić information content (AvgIpc) is 2.98. The van der Waals surface area contributed by atoms with E-state index in [2.05, 4.69) is 38.1 Å². The summed E-state index contributed by atoms with van der Waals surface area (Å²) in [4.78, 5) is 1.25. The van der Waals surface area contributed by atoms with Gasteiger partial charge in [0.2, 0.25) is 0 Å². The molecule has 1 N–H and O–H groups in total. The fourth-order valence-electron chi connectivity index (χ4n) is 4.53. The first-order valence-electron chi connectivity index (χ1n) is 9.54. The molecule has 0 saturated carbocycles. The number of thioether (sulfide) groups is 1. The van der Waals surface area contributed by atoms with E-state index in [4.69, 9.17) is 14.2 Å². The van der Waals surface area contributed by atoms with Crippen molar-refractivity contribution in [2.45, 2.75) is 88.2 Å². The van der Waals surface area contributed by atoms with Crippen molar-refractivity contribution in [2.24, 2.45) is 5.92 Å². The molecule has 0 aliphatic carbocycles. The molecule has 6 atom stereocenters. The highest BCUT2D eigenvalue weighted by molar-refractivity contribution is 7.99. The quantitative estimate of drug-likeness (QED) is 0.748. The molecule has 0 bridgehead atoms. The van der Waals surface area contributed by atoms with Gasteiger partial charge in [-0.05, 0) is 52.2 Å². The van der Waals surface area contributed by atoms with Crippen molar-refractivity contribution < 1.29 is 19.3 Å². The molecular formula is C21H32O4S. The molecule has 0 amide bonds. The summed E-state index contributed by atoms with van der Waals surface area (Å²) in [5.74, 6) is 0.484. The number of aliphatic hydroxyl groups excluding tert-OH is 1. The van der Waals surface area contributed by atoms with Crippen LogP contribution in [-0.2, 0) is 14.2 Å². The predicted molar refractivity (Wildman–Crippen MR) is 104 cm³/mol. The Morgan fingerprint density at radius 1 is 1.12 bits per heavy atom. The maximum Gasteiger partial charge on any atom is 0.164 e. The zero-order valence-electron chi connectivity index (χ0n) is 16.7. The third kappa shape index (κ3) is 3.45. The normalized spacial score (nSPS) is 38.1. The first-order valence-corrected chi connectivity index (χ1v) is 10.5. The van der Waals surface area contributed by atoms with Gasteiger partial charge in [0.1, 0.15) is 17.3 Å². The molecule has 2 fully saturated rings. The van der Waals surface area contributed by atoms with Gasteiger partial charge in [0.05, 0.1) is 12.2 Å². The van der Waals surface area contributed by atoms with Gasteiger partial charge in [-0.3, -0.25) is 0 Å². The van der Waals surface area contributed by atoms with Crippen molar-refractivity contribution in [3.8, 4) is 0 Å². The van der Waals surface area contributed by atoms with Crippen LogP contribution in [0.25, 0.3) is 0 Å². The first kappa shape index (κ1) is 20.2. The molecule has 0 aromatic heterocycles. The van der Waals surface area contributed by atoms with E-state index < -0.39 is 23.1 Å². The van der Waals surface area contributed by atoms with Crippen LogP contribution in [0, 0.1) is 5.92 Å². The standard InChI is InChI=1S/C21H32O4S/c1-7-16(22)20(5)18-21(6,25-19(3,4)24-18)17(23-20)14(2)13-26-15-11-9-8-10-12-15/h8-12,14,16-18,22H,7,13H2,1-6H3/t14-,16-,17+,18-,20-,21+/m1/s1. The van der Waals surface area contributed by atoms with E-state index in [0.29, 0.717) is 6.42 Å². The summed E-state index contributed by atoms with van der Waals surface area (Å²) in [6, 6.07) is 10.4. The Hall–Kier alpha value is -0.590. The van der Waals surface area contributed by atoms with Gasteiger partial charge in [0, 0.05) is 10.6 Å². The highest BCUT2D eigenvalue weighted by Gasteiger charge is 2.70. The molecule has 2 aliphatic rings. The molecule has 2 aliphatic heterocycles. The van der Waals surface area contributed by atoms with E-state index in [0.717, 1.165) is 5.75 Å². The van der Waals surface area contributed by atoms with Crippen LogP contribution in [0.4, 0.5) is 0 Å². The number of rotatable bonds is 6.